The summed E-state index contributed by atoms with van der Waals surface area (Å²) < 4.78 is 0. The van der Waals surface area contributed by atoms with Crippen molar-refractivity contribution in [1.29, 1.82) is 0 Å². The summed E-state index contributed by atoms with van der Waals surface area (Å²) in [5, 5.41) is 19.7. The van der Waals surface area contributed by atoms with Crippen molar-refractivity contribution >= 4 is 23.5 Å². The Hall–Kier alpha value is -2.13. The van der Waals surface area contributed by atoms with Gasteiger partial charge in [0.25, 0.3) is 0 Å². The van der Waals surface area contributed by atoms with Crippen LogP contribution < -0.4 is 0 Å². The Morgan fingerprint density at radius 2 is 1.90 bits per heavy atom. The zero-order valence-electron chi connectivity index (χ0n) is 16.8. The first-order valence-electron chi connectivity index (χ1n) is 10.7. The fourth-order valence-corrected chi connectivity index (χ4v) is 6.36. The van der Waals surface area contributed by atoms with E-state index in [2.05, 4.69) is 18.1 Å². The molecular formula is C25H27ClN2O. The number of rotatable bonds is 2. The molecule has 2 aromatic rings. The minimum atomic E-state index is 0.174. The SMILES string of the molecule is CC12CCC3c4ccc(O)cc4CCC3C1CCC2=NN=Cc1ccc(Cl)cc1. The van der Waals surface area contributed by atoms with Crippen LogP contribution in [0.1, 0.15) is 61.6 Å². The number of aryl methyl sites for hydroxylation is 1. The van der Waals surface area contributed by atoms with Gasteiger partial charge in [-0.15, -0.1) is 0 Å². The second-order valence-electron chi connectivity index (χ2n) is 9.14. The Morgan fingerprint density at radius 1 is 1.07 bits per heavy atom. The fraction of sp³-hybridized carbons (Fsp3) is 0.440. The van der Waals surface area contributed by atoms with Crippen LogP contribution in [0.5, 0.6) is 5.75 Å². The molecule has 0 spiro atoms. The summed E-state index contributed by atoms with van der Waals surface area (Å²) in [5.74, 6) is 2.44. The second-order valence-corrected chi connectivity index (χ2v) is 9.57. The van der Waals surface area contributed by atoms with Gasteiger partial charge in [-0.2, -0.15) is 10.2 Å². The number of hydrogen-bond acceptors (Lipinski definition) is 3. The summed E-state index contributed by atoms with van der Waals surface area (Å²) in [6, 6.07) is 13.7. The van der Waals surface area contributed by atoms with Crippen molar-refractivity contribution in [2.75, 3.05) is 0 Å². The van der Waals surface area contributed by atoms with Crippen molar-refractivity contribution in [3.05, 3.63) is 64.2 Å². The minimum Gasteiger partial charge on any atom is -0.508 e. The molecule has 3 aliphatic carbocycles. The standard InChI is InChI=1S/C25H27ClN2O/c1-25-13-12-21-20-9-7-19(29)14-17(20)4-8-22(21)23(25)10-11-24(25)28-27-15-16-2-5-18(26)6-3-16/h2-3,5-7,9,14-15,21-23,29H,4,8,10-13H2,1H3. The predicted octanol–water partition coefficient (Wildman–Crippen LogP) is 6.38. The van der Waals surface area contributed by atoms with E-state index >= 15 is 0 Å². The van der Waals surface area contributed by atoms with Gasteiger partial charge in [0.2, 0.25) is 0 Å². The summed E-state index contributed by atoms with van der Waals surface area (Å²) in [5.41, 5.74) is 5.31. The number of hydrogen-bond donors (Lipinski definition) is 1. The van der Waals surface area contributed by atoms with Crippen LogP contribution in [-0.4, -0.2) is 17.0 Å². The van der Waals surface area contributed by atoms with Crippen LogP contribution in [0.2, 0.25) is 5.02 Å². The summed E-state index contributed by atoms with van der Waals surface area (Å²) >= 11 is 5.95. The normalized spacial score (nSPS) is 32.2. The Balaban J connectivity index is 1.37. The van der Waals surface area contributed by atoms with Crippen molar-refractivity contribution < 1.29 is 5.11 Å². The van der Waals surface area contributed by atoms with Gasteiger partial charge in [-0.25, -0.2) is 0 Å². The lowest BCUT2D eigenvalue weighted by atomic mass is 9.55. The summed E-state index contributed by atoms with van der Waals surface area (Å²) in [6.07, 6.45) is 8.80. The number of benzene rings is 2. The minimum absolute atomic E-state index is 0.174. The molecule has 4 unspecified atom stereocenters. The highest BCUT2D eigenvalue weighted by atomic mass is 35.5. The van der Waals surface area contributed by atoms with E-state index in [1.807, 2.05) is 42.6 Å². The topological polar surface area (TPSA) is 45.0 Å². The van der Waals surface area contributed by atoms with E-state index in [1.165, 1.54) is 42.5 Å². The molecule has 150 valence electrons. The fourth-order valence-electron chi connectivity index (χ4n) is 6.24. The molecule has 0 aliphatic heterocycles. The average Bonchev–Trinajstić information content (AvgIpc) is 3.05. The molecule has 0 heterocycles. The highest BCUT2D eigenvalue weighted by molar-refractivity contribution is 6.30. The lowest BCUT2D eigenvalue weighted by Gasteiger charge is -2.49. The van der Waals surface area contributed by atoms with Crippen LogP contribution in [0.15, 0.2) is 52.7 Å². The quantitative estimate of drug-likeness (QED) is 0.456. The van der Waals surface area contributed by atoms with Gasteiger partial charge in [-0.3, -0.25) is 0 Å². The Bertz CT molecular complexity index is 981. The first-order chi connectivity index (χ1) is 14.0. The third-order valence-corrected chi connectivity index (χ3v) is 7.96. The number of phenols is 1. The molecule has 0 saturated heterocycles. The maximum atomic E-state index is 9.85. The Labute approximate surface area is 177 Å². The van der Waals surface area contributed by atoms with E-state index in [0.717, 1.165) is 29.3 Å². The predicted molar refractivity (Wildman–Crippen MR) is 119 cm³/mol. The summed E-state index contributed by atoms with van der Waals surface area (Å²) in [4.78, 5) is 0. The van der Waals surface area contributed by atoms with E-state index in [0.29, 0.717) is 17.6 Å². The number of phenolic OH excluding ortho intramolecular Hbond substituents is 1. The Morgan fingerprint density at radius 3 is 2.72 bits per heavy atom. The molecule has 2 fully saturated rings. The van der Waals surface area contributed by atoms with Crippen LogP contribution in [0, 0.1) is 17.3 Å². The molecule has 29 heavy (non-hydrogen) atoms. The first-order valence-corrected chi connectivity index (χ1v) is 11.1. The molecule has 0 amide bonds. The highest BCUT2D eigenvalue weighted by Gasteiger charge is 2.53. The monoisotopic (exact) mass is 406 g/mol. The smallest absolute Gasteiger partial charge is 0.115 e. The van der Waals surface area contributed by atoms with Crippen molar-refractivity contribution in [3.8, 4) is 5.75 Å². The maximum absolute atomic E-state index is 9.85. The largest absolute Gasteiger partial charge is 0.508 e. The number of aromatic hydroxyl groups is 1. The van der Waals surface area contributed by atoms with E-state index in [4.69, 9.17) is 16.7 Å². The lowest BCUT2D eigenvalue weighted by Crippen LogP contribution is -2.42. The average molecular weight is 407 g/mol. The molecule has 3 nitrogen and oxygen atoms in total. The van der Waals surface area contributed by atoms with Gasteiger partial charge < -0.3 is 5.11 Å². The Kier molecular flexibility index (Phi) is 4.74. The summed E-state index contributed by atoms with van der Waals surface area (Å²) in [7, 11) is 0. The van der Waals surface area contributed by atoms with E-state index in [9.17, 15) is 5.11 Å². The van der Waals surface area contributed by atoms with Crippen LogP contribution in [-0.2, 0) is 6.42 Å². The number of halogens is 1. The van der Waals surface area contributed by atoms with Gasteiger partial charge >= 0.3 is 0 Å². The molecule has 0 radical (unpaired) electrons. The van der Waals surface area contributed by atoms with E-state index in [-0.39, 0.29) is 5.41 Å². The van der Waals surface area contributed by atoms with Gasteiger partial charge in [-0.05, 0) is 97.2 Å². The van der Waals surface area contributed by atoms with Crippen molar-refractivity contribution in [3.63, 3.8) is 0 Å². The van der Waals surface area contributed by atoms with Crippen molar-refractivity contribution in [2.45, 2.75) is 51.4 Å². The van der Waals surface area contributed by atoms with E-state index < -0.39 is 0 Å². The molecule has 2 aromatic carbocycles. The molecule has 5 rings (SSSR count). The zero-order valence-corrected chi connectivity index (χ0v) is 17.6. The van der Waals surface area contributed by atoms with Gasteiger partial charge in [0, 0.05) is 16.1 Å². The van der Waals surface area contributed by atoms with E-state index in [1.54, 1.807) is 0 Å². The lowest BCUT2D eigenvalue weighted by molar-refractivity contribution is 0.0955. The molecule has 1 N–H and O–H groups in total. The third-order valence-electron chi connectivity index (χ3n) is 7.71. The molecule has 3 aliphatic rings. The van der Waals surface area contributed by atoms with Crippen molar-refractivity contribution in [1.82, 2.24) is 0 Å². The molecule has 2 saturated carbocycles. The first kappa shape index (κ1) is 18.9. The van der Waals surface area contributed by atoms with Gasteiger partial charge in [0.15, 0.2) is 0 Å². The van der Waals surface area contributed by atoms with Crippen molar-refractivity contribution in [2.24, 2.45) is 27.5 Å². The molecule has 0 bridgehead atoms. The molecule has 0 aromatic heterocycles. The van der Waals surface area contributed by atoms with Crippen LogP contribution in [0.3, 0.4) is 0 Å². The zero-order chi connectivity index (χ0) is 20.0. The van der Waals surface area contributed by atoms with Crippen LogP contribution in [0.25, 0.3) is 0 Å². The number of nitrogens with zero attached hydrogens (tertiary/aromatic N) is 2. The molecular weight excluding hydrogens is 380 g/mol. The number of fused-ring (bicyclic) bond motifs is 5. The summed E-state index contributed by atoms with van der Waals surface area (Å²) in [6.45, 7) is 2.42. The van der Waals surface area contributed by atoms with Gasteiger partial charge in [0.1, 0.15) is 5.75 Å². The van der Waals surface area contributed by atoms with Gasteiger partial charge in [0.05, 0.1) is 6.21 Å². The van der Waals surface area contributed by atoms with Crippen LogP contribution in [0.4, 0.5) is 0 Å². The van der Waals surface area contributed by atoms with Crippen LogP contribution >= 0.6 is 11.6 Å². The highest BCUT2D eigenvalue weighted by Crippen LogP contribution is 2.60. The molecule has 4 heteroatoms. The molecule has 4 atom stereocenters. The maximum Gasteiger partial charge on any atom is 0.115 e. The third kappa shape index (κ3) is 3.30. The van der Waals surface area contributed by atoms with Gasteiger partial charge in [-0.1, -0.05) is 36.7 Å². The second kappa shape index (κ2) is 7.28.